The summed E-state index contributed by atoms with van der Waals surface area (Å²) in [7, 11) is 0. The molecule has 2 saturated carbocycles. The number of ether oxygens (including phenoxy) is 2. The SMILES string of the molecule is CC1CCCCC1(O[C]=O)C(=O)OC1(C)CCCCC1. The Morgan fingerprint density at radius 3 is 2.35 bits per heavy atom. The van der Waals surface area contributed by atoms with Crippen molar-refractivity contribution in [3.8, 4) is 0 Å². The van der Waals surface area contributed by atoms with Crippen LogP contribution in [0.1, 0.15) is 71.6 Å². The van der Waals surface area contributed by atoms with Crippen molar-refractivity contribution >= 4 is 12.4 Å². The Hall–Kier alpha value is -1.06. The first-order valence-corrected chi connectivity index (χ1v) is 7.81. The minimum atomic E-state index is -1.11. The Balaban J connectivity index is 2.12. The smallest absolute Gasteiger partial charge is 0.418 e. The molecule has 113 valence electrons. The van der Waals surface area contributed by atoms with E-state index in [1.54, 1.807) is 0 Å². The van der Waals surface area contributed by atoms with Crippen LogP contribution in [0, 0.1) is 5.92 Å². The predicted octanol–water partition coefficient (Wildman–Crippen LogP) is 3.29. The maximum absolute atomic E-state index is 12.7. The Bertz CT molecular complexity index is 359. The molecule has 1 radical (unpaired) electrons. The second kappa shape index (κ2) is 6.15. The zero-order chi connectivity index (χ0) is 14.6. The third-order valence-electron chi connectivity index (χ3n) is 5.05. The quantitative estimate of drug-likeness (QED) is 0.742. The minimum absolute atomic E-state index is 0.00242. The molecule has 0 N–H and O–H groups in total. The van der Waals surface area contributed by atoms with Gasteiger partial charge in [-0.15, -0.1) is 0 Å². The number of hydrogen-bond donors (Lipinski definition) is 0. The van der Waals surface area contributed by atoms with Crippen LogP contribution < -0.4 is 0 Å². The number of rotatable bonds is 4. The van der Waals surface area contributed by atoms with Crippen molar-refractivity contribution in [2.75, 3.05) is 0 Å². The van der Waals surface area contributed by atoms with E-state index < -0.39 is 11.2 Å². The van der Waals surface area contributed by atoms with Crippen LogP contribution in [0.3, 0.4) is 0 Å². The number of esters is 1. The summed E-state index contributed by atoms with van der Waals surface area (Å²) in [6, 6.07) is 0. The molecule has 2 fully saturated rings. The fraction of sp³-hybridized carbons (Fsp3) is 0.875. The van der Waals surface area contributed by atoms with Gasteiger partial charge in [0.15, 0.2) is 0 Å². The molecule has 2 unspecified atom stereocenters. The molecule has 2 atom stereocenters. The number of hydrogen-bond acceptors (Lipinski definition) is 4. The van der Waals surface area contributed by atoms with Crippen LogP contribution >= 0.6 is 0 Å². The van der Waals surface area contributed by atoms with Gasteiger partial charge in [-0.1, -0.05) is 19.8 Å². The van der Waals surface area contributed by atoms with Crippen molar-refractivity contribution in [1.82, 2.24) is 0 Å². The van der Waals surface area contributed by atoms with E-state index in [1.807, 2.05) is 13.8 Å². The maximum atomic E-state index is 12.7. The van der Waals surface area contributed by atoms with Crippen LogP contribution in [-0.2, 0) is 19.1 Å². The minimum Gasteiger partial charge on any atom is -0.456 e. The molecule has 0 heterocycles. The summed E-state index contributed by atoms with van der Waals surface area (Å²) in [5.41, 5.74) is -1.51. The van der Waals surface area contributed by atoms with Gasteiger partial charge in [0.1, 0.15) is 5.60 Å². The van der Waals surface area contributed by atoms with Gasteiger partial charge in [-0.2, -0.15) is 0 Å². The van der Waals surface area contributed by atoms with Gasteiger partial charge in [0, 0.05) is 5.92 Å². The molecule has 0 aromatic carbocycles. The molecule has 0 amide bonds. The second-order valence-corrected chi connectivity index (χ2v) is 6.62. The van der Waals surface area contributed by atoms with Gasteiger partial charge in [0.2, 0.25) is 5.60 Å². The Labute approximate surface area is 121 Å². The molecule has 2 aliphatic rings. The summed E-state index contributed by atoms with van der Waals surface area (Å²) in [5.74, 6) is -0.366. The van der Waals surface area contributed by atoms with E-state index in [2.05, 4.69) is 0 Å². The molecule has 0 bridgehead atoms. The molecule has 0 aromatic rings. The van der Waals surface area contributed by atoms with E-state index in [-0.39, 0.29) is 11.9 Å². The summed E-state index contributed by atoms with van der Waals surface area (Å²) < 4.78 is 11.0. The van der Waals surface area contributed by atoms with Gasteiger partial charge in [0.05, 0.1) is 0 Å². The molecule has 2 aliphatic carbocycles. The molecular weight excluding hydrogens is 256 g/mol. The van der Waals surface area contributed by atoms with Gasteiger partial charge in [-0.25, -0.2) is 9.59 Å². The van der Waals surface area contributed by atoms with E-state index in [4.69, 9.17) is 9.47 Å². The first-order valence-electron chi connectivity index (χ1n) is 7.81. The van der Waals surface area contributed by atoms with Crippen LogP contribution in [0.2, 0.25) is 0 Å². The van der Waals surface area contributed by atoms with Crippen molar-refractivity contribution < 1.29 is 19.1 Å². The van der Waals surface area contributed by atoms with Crippen molar-refractivity contribution in [2.45, 2.75) is 82.8 Å². The van der Waals surface area contributed by atoms with Crippen LogP contribution in [0.5, 0.6) is 0 Å². The summed E-state index contributed by atoms with van der Waals surface area (Å²) in [6.07, 6.45) is 8.56. The van der Waals surface area contributed by atoms with Gasteiger partial charge in [0.25, 0.3) is 0 Å². The van der Waals surface area contributed by atoms with Gasteiger partial charge in [-0.05, 0) is 51.9 Å². The van der Waals surface area contributed by atoms with E-state index in [0.29, 0.717) is 6.42 Å². The number of carbonyl (C=O) groups is 1. The lowest BCUT2D eigenvalue weighted by Crippen LogP contribution is -2.52. The summed E-state index contributed by atoms with van der Waals surface area (Å²) in [6.45, 7) is 5.44. The summed E-state index contributed by atoms with van der Waals surface area (Å²) in [5, 5.41) is 0. The second-order valence-electron chi connectivity index (χ2n) is 6.62. The summed E-state index contributed by atoms with van der Waals surface area (Å²) >= 11 is 0. The highest BCUT2D eigenvalue weighted by Gasteiger charge is 2.50. The standard InChI is InChI=1S/C16H25O4/c1-13-8-4-7-11-16(13,19-12-17)14(18)20-15(2)9-5-3-6-10-15/h13H,3-11H2,1-2H3. The molecule has 0 aromatic heterocycles. The largest absolute Gasteiger partial charge is 0.456 e. The highest BCUT2D eigenvalue weighted by Crippen LogP contribution is 2.40. The van der Waals surface area contributed by atoms with E-state index in [0.717, 1.165) is 44.9 Å². The van der Waals surface area contributed by atoms with Gasteiger partial charge >= 0.3 is 12.4 Å². The first kappa shape index (κ1) is 15.3. The normalized spacial score (nSPS) is 33.2. The average molecular weight is 281 g/mol. The highest BCUT2D eigenvalue weighted by molar-refractivity contribution is 5.82. The maximum Gasteiger partial charge on any atom is 0.418 e. The molecule has 2 rings (SSSR count). The first-order chi connectivity index (χ1) is 9.52. The van der Waals surface area contributed by atoms with Crippen LogP contribution in [0.25, 0.3) is 0 Å². The fourth-order valence-corrected chi connectivity index (χ4v) is 3.60. The van der Waals surface area contributed by atoms with Crippen molar-refractivity contribution in [3.05, 3.63) is 0 Å². The molecule has 4 nitrogen and oxygen atoms in total. The topological polar surface area (TPSA) is 52.6 Å². The zero-order valence-electron chi connectivity index (χ0n) is 12.6. The van der Waals surface area contributed by atoms with Crippen LogP contribution in [0.15, 0.2) is 0 Å². The van der Waals surface area contributed by atoms with E-state index >= 15 is 0 Å². The van der Waals surface area contributed by atoms with Crippen molar-refractivity contribution in [3.63, 3.8) is 0 Å². The highest BCUT2D eigenvalue weighted by atomic mass is 16.6. The molecule has 20 heavy (non-hydrogen) atoms. The van der Waals surface area contributed by atoms with Crippen molar-refractivity contribution in [1.29, 1.82) is 0 Å². The molecular formula is C16H25O4. The molecule has 0 saturated heterocycles. The van der Waals surface area contributed by atoms with E-state index in [9.17, 15) is 9.59 Å². The van der Waals surface area contributed by atoms with Gasteiger partial charge < -0.3 is 9.47 Å². The fourth-order valence-electron chi connectivity index (χ4n) is 3.60. The Morgan fingerprint density at radius 2 is 1.75 bits per heavy atom. The monoisotopic (exact) mass is 281 g/mol. The number of carbonyl (C=O) groups excluding carboxylic acids is 2. The Kier molecular flexibility index (Phi) is 4.71. The lowest BCUT2D eigenvalue weighted by molar-refractivity contribution is -0.189. The Morgan fingerprint density at radius 1 is 1.10 bits per heavy atom. The van der Waals surface area contributed by atoms with Crippen LogP contribution in [-0.4, -0.2) is 23.6 Å². The van der Waals surface area contributed by atoms with Crippen LogP contribution in [0.4, 0.5) is 0 Å². The third kappa shape index (κ3) is 2.99. The third-order valence-corrected chi connectivity index (χ3v) is 5.05. The van der Waals surface area contributed by atoms with Gasteiger partial charge in [-0.3, -0.25) is 0 Å². The average Bonchev–Trinajstić information content (AvgIpc) is 2.42. The lowest BCUT2D eigenvalue weighted by atomic mass is 9.76. The predicted molar refractivity (Wildman–Crippen MR) is 74.7 cm³/mol. The lowest BCUT2D eigenvalue weighted by Gasteiger charge is -2.41. The molecule has 0 spiro atoms. The van der Waals surface area contributed by atoms with E-state index in [1.165, 1.54) is 12.9 Å². The van der Waals surface area contributed by atoms with Crippen molar-refractivity contribution in [2.24, 2.45) is 5.92 Å². The summed E-state index contributed by atoms with van der Waals surface area (Å²) in [4.78, 5) is 23.4. The molecule has 0 aliphatic heterocycles. The zero-order valence-corrected chi connectivity index (χ0v) is 12.6. The molecule has 4 heteroatoms.